The lowest BCUT2D eigenvalue weighted by molar-refractivity contribution is -0.139. The predicted molar refractivity (Wildman–Crippen MR) is 70.5 cm³/mol. The summed E-state index contributed by atoms with van der Waals surface area (Å²) in [5, 5.41) is 11.4. The Labute approximate surface area is 113 Å². The van der Waals surface area contributed by atoms with Gasteiger partial charge in [0.25, 0.3) is 0 Å². The molecule has 0 aliphatic carbocycles. The Balaban J connectivity index is 4.64. The summed E-state index contributed by atoms with van der Waals surface area (Å²) in [5.74, 6) is -1.78. The lowest BCUT2D eigenvalue weighted by Crippen LogP contribution is -2.53. The molecule has 1 unspecified atom stereocenters. The van der Waals surface area contributed by atoms with Gasteiger partial charge in [-0.3, -0.25) is 4.79 Å². The van der Waals surface area contributed by atoms with Crippen molar-refractivity contribution in [2.24, 2.45) is 5.73 Å². The first kappa shape index (κ1) is 17.2. The van der Waals surface area contributed by atoms with Gasteiger partial charge in [-0.25, -0.2) is 9.59 Å². The third kappa shape index (κ3) is 5.58. The van der Waals surface area contributed by atoms with Crippen LogP contribution in [-0.2, 0) is 9.59 Å². The largest absolute Gasteiger partial charge is 0.480 e. The molecule has 0 aromatic rings. The highest BCUT2D eigenvalue weighted by atomic mass is 16.4. The van der Waals surface area contributed by atoms with Crippen LogP contribution >= 0.6 is 0 Å². The van der Waals surface area contributed by atoms with E-state index in [1.807, 2.05) is 20.8 Å². The van der Waals surface area contributed by atoms with Crippen LogP contribution in [0.2, 0.25) is 0 Å². The van der Waals surface area contributed by atoms with E-state index < -0.39 is 23.9 Å². The van der Waals surface area contributed by atoms with Crippen molar-refractivity contribution in [3.05, 3.63) is 0 Å². The molecule has 0 spiro atoms. The zero-order valence-corrected chi connectivity index (χ0v) is 11.9. The molecule has 0 saturated carbocycles. The normalized spacial score (nSPS) is 12.6. The van der Waals surface area contributed by atoms with Crippen molar-refractivity contribution in [1.29, 1.82) is 0 Å². The Hall–Kier alpha value is -1.79. The van der Waals surface area contributed by atoms with E-state index in [0.29, 0.717) is 0 Å². The van der Waals surface area contributed by atoms with Crippen LogP contribution in [0.25, 0.3) is 0 Å². The molecule has 7 nitrogen and oxygen atoms in total. The quantitative estimate of drug-likeness (QED) is 0.628. The number of rotatable bonds is 7. The molecule has 1 atom stereocenters. The van der Waals surface area contributed by atoms with Gasteiger partial charge in [0.15, 0.2) is 0 Å². The smallest absolute Gasteiger partial charge is 0.326 e. The monoisotopic (exact) mass is 273 g/mol. The van der Waals surface area contributed by atoms with Crippen molar-refractivity contribution in [1.82, 2.24) is 10.2 Å². The second-order valence-corrected chi connectivity index (χ2v) is 5.07. The zero-order chi connectivity index (χ0) is 15.2. The van der Waals surface area contributed by atoms with Crippen molar-refractivity contribution in [3.63, 3.8) is 0 Å². The molecule has 0 fully saturated rings. The van der Waals surface area contributed by atoms with E-state index in [1.54, 1.807) is 7.05 Å². The fraction of sp³-hybridized carbons (Fsp3) is 0.750. The Morgan fingerprint density at radius 3 is 2.26 bits per heavy atom. The molecular weight excluding hydrogens is 250 g/mol. The van der Waals surface area contributed by atoms with Crippen molar-refractivity contribution in [2.75, 3.05) is 7.05 Å². The highest BCUT2D eigenvalue weighted by Gasteiger charge is 2.29. The molecule has 19 heavy (non-hydrogen) atoms. The lowest BCUT2D eigenvalue weighted by Gasteiger charge is -2.35. The first-order valence-corrected chi connectivity index (χ1v) is 6.17. The number of amides is 3. The molecule has 110 valence electrons. The van der Waals surface area contributed by atoms with Gasteiger partial charge in [0.1, 0.15) is 6.04 Å². The molecule has 3 amide bonds. The number of hydrogen-bond donors (Lipinski definition) is 3. The fourth-order valence-corrected chi connectivity index (χ4v) is 1.30. The maximum Gasteiger partial charge on any atom is 0.326 e. The Bertz CT molecular complexity index is 355. The number of carbonyl (C=O) groups excluding carboxylic acids is 2. The molecular formula is C12H23N3O4. The zero-order valence-electron chi connectivity index (χ0n) is 11.9. The minimum absolute atomic E-state index is 0.0171. The van der Waals surface area contributed by atoms with Crippen LogP contribution in [-0.4, -0.2) is 46.5 Å². The minimum atomic E-state index is -1.18. The van der Waals surface area contributed by atoms with Gasteiger partial charge in [-0.1, -0.05) is 6.92 Å². The van der Waals surface area contributed by atoms with Crippen molar-refractivity contribution in [2.45, 2.75) is 51.6 Å². The van der Waals surface area contributed by atoms with Crippen LogP contribution in [0.4, 0.5) is 4.79 Å². The second-order valence-electron chi connectivity index (χ2n) is 5.07. The highest BCUT2D eigenvalue weighted by molar-refractivity contribution is 5.83. The van der Waals surface area contributed by atoms with Crippen LogP contribution in [0.5, 0.6) is 0 Å². The molecule has 4 N–H and O–H groups in total. The van der Waals surface area contributed by atoms with E-state index in [-0.39, 0.29) is 18.4 Å². The summed E-state index contributed by atoms with van der Waals surface area (Å²) < 4.78 is 0. The molecule has 0 aromatic carbocycles. The van der Waals surface area contributed by atoms with Crippen molar-refractivity contribution in [3.8, 4) is 0 Å². The molecule has 0 rings (SSSR count). The van der Waals surface area contributed by atoms with E-state index in [2.05, 4.69) is 5.32 Å². The lowest BCUT2D eigenvalue weighted by atomic mass is 10.0. The van der Waals surface area contributed by atoms with Gasteiger partial charge < -0.3 is 21.1 Å². The summed E-state index contributed by atoms with van der Waals surface area (Å²) in [7, 11) is 1.60. The van der Waals surface area contributed by atoms with Crippen LogP contribution in [0.1, 0.15) is 40.0 Å². The standard InChI is InChI=1S/C12H23N3O4/c1-5-12(2,3)15(4)11(19)14-8(10(17)18)6-7-9(13)16/h8H,5-7H2,1-4H3,(H2,13,16)(H,14,19)(H,17,18). The topological polar surface area (TPSA) is 113 Å². The van der Waals surface area contributed by atoms with Crippen LogP contribution < -0.4 is 11.1 Å². The van der Waals surface area contributed by atoms with Crippen LogP contribution in [0.3, 0.4) is 0 Å². The van der Waals surface area contributed by atoms with Gasteiger partial charge in [0, 0.05) is 19.0 Å². The number of carboxylic acids is 1. The van der Waals surface area contributed by atoms with Crippen LogP contribution in [0, 0.1) is 0 Å². The summed E-state index contributed by atoms with van der Waals surface area (Å²) in [6.07, 6.45) is 0.630. The number of primary amides is 1. The molecule has 0 radical (unpaired) electrons. The summed E-state index contributed by atoms with van der Waals surface area (Å²) in [6.45, 7) is 5.70. The Kier molecular flexibility index (Phi) is 6.31. The Morgan fingerprint density at radius 2 is 1.89 bits per heavy atom. The number of nitrogens with two attached hydrogens (primary N) is 1. The minimum Gasteiger partial charge on any atom is -0.480 e. The summed E-state index contributed by atoms with van der Waals surface area (Å²) in [4.78, 5) is 35.1. The number of carbonyl (C=O) groups is 3. The average molecular weight is 273 g/mol. The summed E-state index contributed by atoms with van der Waals surface area (Å²) in [5.41, 5.74) is 4.59. The molecule has 0 aliphatic heterocycles. The molecule has 0 aromatic heterocycles. The van der Waals surface area contributed by atoms with Gasteiger partial charge in [-0.2, -0.15) is 0 Å². The van der Waals surface area contributed by atoms with Gasteiger partial charge in [0.2, 0.25) is 5.91 Å². The van der Waals surface area contributed by atoms with E-state index in [4.69, 9.17) is 10.8 Å². The van der Waals surface area contributed by atoms with E-state index in [9.17, 15) is 14.4 Å². The number of nitrogens with zero attached hydrogens (tertiary/aromatic N) is 1. The number of carboxylic acid groups (broad SMARTS) is 1. The Morgan fingerprint density at radius 1 is 1.37 bits per heavy atom. The summed E-state index contributed by atoms with van der Waals surface area (Å²) >= 11 is 0. The van der Waals surface area contributed by atoms with E-state index in [0.717, 1.165) is 6.42 Å². The van der Waals surface area contributed by atoms with Gasteiger partial charge >= 0.3 is 12.0 Å². The predicted octanol–water partition coefficient (Wildman–Crippen LogP) is 0.535. The van der Waals surface area contributed by atoms with E-state index >= 15 is 0 Å². The molecule has 7 heteroatoms. The fourth-order valence-electron chi connectivity index (χ4n) is 1.30. The maximum atomic E-state index is 11.9. The van der Waals surface area contributed by atoms with Gasteiger partial charge in [-0.15, -0.1) is 0 Å². The van der Waals surface area contributed by atoms with Gasteiger partial charge in [-0.05, 0) is 26.7 Å². The molecule has 0 bridgehead atoms. The maximum absolute atomic E-state index is 11.9. The second kappa shape index (κ2) is 6.96. The molecule has 0 heterocycles. The van der Waals surface area contributed by atoms with Gasteiger partial charge in [0.05, 0.1) is 0 Å². The van der Waals surface area contributed by atoms with Crippen LogP contribution in [0.15, 0.2) is 0 Å². The van der Waals surface area contributed by atoms with E-state index in [1.165, 1.54) is 4.90 Å². The number of aliphatic carboxylic acids is 1. The first-order valence-electron chi connectivity index (χ1n) is 6.17. The number of urea groups is 1. The van der Waals surface area contributed by atoms with Crippen molar-refractivity contribution < 1.29 is 19.5 Å². The first-order chi connectivity index (χ1) is 8.61. The van der Waals surface area contributed by atoms with Crippen molar-refractivity contribution >= 4 is 17.9 Å². The highest BCUT2D eigenvalue weighted by Crippen LogP contribution is 2.16. The number of nitrogens with one attached hydrogen (secondary N) is 1. The summed E-state index contributed by atoms with van der Waals surface area (Å²) in [6, 6.07) is -1.60. The molecule has 0 saturated heterocycles. The SMILES string of the molecule is CCC(C)(C)N(C)C(=O)NC(CCC(N)=O)C(=O)O. The average Bonchev–Trinajstić information content (AvgIpc) is 2.32. The third-order valence-corrected chi connectivity index (χ3v) is 3.35. The third-order valence-electron chi connectivity index (χ3n) is 3.35. The molecule has 0 aliphatic rings. The number of hydrogen-bond acceptors (Lipinski definition) is 3.